The van der Waals surface area contributed by atoms with Crippen LogP contribution in [0.1, 0.15) is 17.8 Å². The van der Waals surface area contributed by atoms with E-state index in [1.54, 1.807) is 13.3 Å². The molecule has 0 spiro atoms. The molecule has 1 atom stereocenters. The maximum atomic E-state index is 9.66. The van der Waals surface area contributed by atoms with Crippen LogP contribution in [0.15, 0.2) is 18.3 Å². The van der Waals surface area contributed by atoms with E-state index < -0.39 is 0 Å². The number of aliphatic hydroxyl groups excluding tert-OH is 1. The van der Waals surface area contributed by atoms with Crippen molar-refractivity contribution in [3.63, 3.8) is 0 Å². The van der Waals surface area contributed by atoms with E-state index in [0.29, 0.717) is 25.6 Å². The van der Waals surface area contributed by atoms with Crippen LogP contribution in [0.25, 0.3) is 0 Å². The summed E-state index contributed by atoms with van der Waals surface area (Å²) in [6.07, 6.45) is 2.27. The Morgan fingerprint density at radius 2 is 2.39 bits per heavy atom. The standard InChI is InChI=1S/C15H22N6O2/c1-20(8-11-7-12(10-23-2)19-18-11)15-16-5-3-14(17-15)21-6-4-13(22)9-21/h3,5,7,13,22H,4,6,8-10H2,1-2H3,(H,18,19)/t13-/m0/s1. The van der Waals surface area contributed by atoms with Crippen molar-refractivity contribution < 1.29 is 9.84 Å². The fourth-order valence-electron chi connectivity index (χ4n) is 2.69. The molecule has 8 nitrogen and oxygen atoms in total. The molecule has 1 fully saturated rings. The molecule has 2 aromatic heterocycles. The van der Waals surface area contributed by atoms with Crippen LogP contribution in [0.5, 0.6) is 0 Å². The third-order valence-electron chi connectivity index (χ3n) is 3.84. The number of nitrogens with one attached hydrogen (secondary N) is 1. The molecule has 2 aromatic rings. The predicted molar refractivity (Wildman–Crippen MR) is 86.3 cm³/mol. The van der Waals surface area contributed by atoms with Crippen molar-refractivity contribution in [2.45, 2.75) is 25.7 Å². The summed E-state index contributed by atoms with van der Waals surface area (Å²) >= 11 is 0. The molecular weight excluding hydrogens is 296 g/mol. The number of aliphatic hydroxyl groups is 1. The molecule has 0 amide bonds. The fraction of sp³-hybridized carbons (Fsp3) is 0.533. The zero-order chi connectivity index (χ0) is 16.2. The van der Waals surface area contributed by atoms with Gasteiger partial charge in [0.05, 0.1) is 30.6 Å². The molecule has 3 rings (SSSR count). The van der Waals surface area contributed by atoms with Crippen molar-refractivity contribution in [2.75, 3.05) is 37.0 Å². The topological polar surface area (TPSA) is 90.4 Å². The molecule has 124 valence electrons. The number of aromatic nitrogens is 4. The normalized spacial score (nSPS) is 17.7. The van der Waals surface area contributed by atoms with Gasteiger partial charge in [-0.05, 0) is 18.6 Å². The lowest BCUT2D eigenvalue weighted by atomic mass is 10.3. The van der Waals surface area contributed by atoms with Gasteiger partial charge in [0.2, 0.25) is 5.95 Å². The first-order valence-corrected chi connectivity index (χ1v) is 7.65. The summed E-state index contributed by atoms with van der Waals surface area (Å²) < 4.78 is 5.07. The first-order valence-electron chi connectivity index (χ1n) is 7.65. The molecule has 0 saturated carbocycles. The van der Waals surface area contributed by atoms with E-state index in [9.17, 15) is 5.11 Å². The molecule has 0 aromatic carbocycles. The highest BCUT2D eigenvalue weighted by molar-refractivity contribution is 5.44. The fourth-order valence-corrected chi connectivity index (χ4v) is 2.69. The second-order valence-corrected chi connectivity index (χ2v) is 5.78. The molecule has 1 aliphatic heterocycles. The van der Waals surface area contributed by atoms with Crippen molar-refractivity contribution in [1.29, 1.82) is 0 Å². The molecule has 1 aliphatic rings. The average molecular weight is 318 g/mol. The zero-order valence-electron chi connectivity index (χ0n) is 13.4. The van der Waals surface area contributed by atoms with Crippen molar-refractivity contribution >= 4 is 11.8 Å². The number of aromatic amines is 1. The van der Waals surface area contributed by atoms with Crippen LogP contribution >= 0.6 is 0 Å². The Labute approximate surface area is 135 Å². The van der Waals surface area contributed by atoms with Crippen LogP contribution in [-0.2, 0) is 17.9 Å². The molecule has 8 heteroatoms. The molecule has 23 heavy (non-hydrogen) atoms. The Bertz CT molecular complexity index is 646. The lowest BCUT2D eigenvalue weighted by Crippen LogP contribution is -2.24. The van der Waals surface area contributed by atoms with Gasteiger partial charge in [-0.3, -0.25) is 5.10 Å². The molecule has 0 radical (unpaired) electrons. The van der Waals surface area contributed by atoms with E-state index in [1.165, 1.54) is 0 Å². The summed E-state index contributed by atoms with van der Waals surface area (Å²) in [5.41, 5.74) is 1.85. The number of methoxy groups -OCH3 is 1. The molecule has 3 heterocycles. The number of H-pyrrole nitrogens is 1. The first-order chi connectivity index (χ1) is 11.2. The second kappa shape index (κ2) is 6.93. The van der Waals surface area contributed by atoms with Gasteiger partial charge < -0.3 is 19.6 Å². The van der Waals surface area contributed by atoms with Gasteiger partial charge in [-0.15, -0.1) is 0 Å². The van der Waals surface area contributed by atoms with E-state index in [1.807, 2.05) is 24.1 Å². The minimum Gasteiger partial charge on any atom is -0.391 e. The summed E-state index contributed by atoms with van der Waals surface area (Å²) in [6.45, 7) is 2.57. The molecule has 2 N–H and O–H groups in total. The second-order valence-electron chi connectivity index (χ2n) is 5.78. The molecule has 1 saturated heterocycles. The summed E-state index contributed by atoms with van der Waals surface area (Å²) in [5.74, 6) is 1.50. The van der Waals surface area contributed by atoms with Gasteiger partial charge in [0, 0.05) is 33.4 Å². The lowest BCUT2D eigenvalue weighted by Gasteiger charge is -2.20. The van der Waals surface area contributed by atoms with Crippen molar-refractivity contribution in [3.8, 4) is 0 Å². The highest BCUT2D eigenvalue weighted by Crippen LogP contribution is 2.20. The average Bonchev–Trinajstić information content (AvgIpc) is 3.17. The first kappa shape index (κ1) is 15.7. The van der Waals surface area contributed by atoms with Crippen molar-refractivity contribution in [2.24, 2.45) is 0 Å². The zero-order valence-corrected chi connectivity index (χ0v) is 13.4. The predicted octanol–water partition coefficient (Wildman–Crippen LogP) is 0.553. The van der Waals surface area contributed by atoms with Crippen molar-refractivity contribution in [3.05, 3.63) is 29.7 Å². The van der Waals surface area contributed by atoms with E-state index in [2.05, 4.69) is 25.1 Å². The minimum absolute atomic E-state index is 0.268. The molecule has 0 bridgehead atoms. The molecular formula is C15H22N6O2. The molecule has 0 aliphatic carbocycles. The SMILES string of the molecule is COCc1cc(CN(C)c2nccc(N3CC[C@H](O)C3)n2)[nH]n1. The van der Waals surface area contributed by atoms with Gasteiger partial charge in [0.25, 0.3) is 0 Å². The number of β-amino-alcohol motifs (C(OH)–C–C–N with tert-alkyl or cyclic N) is 1. The minimum atomic E-state index is -0.268. The van der Waals surface area contributed by atoms with Gasteiger partial charge in [-0.25, -0.2) is 4.98 Å². The lowest BCUT2D eigenvalue weighted by molar-refractivity contribution is 0.181. The number of nitrogens with zero attached hydrogens (tertiary/aromatic N) is 5. The van der Waals surface area contributed by atoms with E-state index in [4.69, 9.17) is 4.74 Å². The van der Waals surface area contributed by atoms with Crippen LogP contribution in [-0.4, -0.2) is 58.6 Å². The quantitative estimate of drug-likeness (QED) is 0.804. The number of rotatable bonds is 6. The van der Waals surface area contributed by atoms with Crippen LogP contribution < -0.4 is 9.80 Å². The largest absolute Gasteiger partial charge is 0.391 e. The van der Waals surface area contributed by atoms with Crippen molar-refractivity contribution in [1.82, 2.24) is 20.2 Å². The summed E-state index contributed by atoms with van der Waals surface area (Å²) in [4.78, 5) is 13.0. The summed E-state index contributed by atoms with van der Waals surface area (Å²) in [5, 5.41) is 16.8. The third kappa shape index (κ3) is 3.77. The van der Waals surface area contributed by atoms with Gasteiger partial charge in [0.1, 0.15) is 5.82 Å². The summed E-state index contributed by atoms with van der Waals surface area (Å²) in [6, 6.07) is 3.85. The van der Waals surface area contributed by atoms with E-state index >= 15 is 0 Å². The van der Waals surface area contributed by atoms with Gasteiger partial charge in [-0.1, -0.05) is 0 Å². The van der Waals surface area contributed by atoms with Crippen LogP contribution in [0, 0.1) is 0 Å². The van der Waals surface area contributed by atoms with Crippen LogP contribution in [0.3, 0.4) is 0 Å². The van der Waals surface area contributed by atoms with E-state index in [0.717, 1.165) is 30.2 Å². The Hall–Kier alpha value is -2.19. The maximum Gasteiger partial charge on any atom is 0.227 e. The van der Waals surface area contributed by atoms with Gasteiger partial charge >= 0.3 is 0 Å². The highest BCUT2D eigenvalue weighted by atomic mass is 16.5. The number of hydrogen-bond acceptors (Lipinski definition) is 7. The molecule has 0 unspecified atom stereocenters. The number of anilines is 2. The third-order valence-corrected chi connectivity index (χ3v) is 3.84. The van der Waals surface area contributed by atoms with Gasteiger partial charge in [0.15, 0.2) is 0 Å². The van der Waals surface area contributed by atoms with Crippen LogP contribution in [0.2, 0.25) is 0 Å². The Balaban J connectivity index is 1.68. The number of hydrogen-bond donors (Lipinski definition) is 2. The Morgan fingerprint density at radius 3 is 3.13 bits per heavy atom. The smallest absolute Gasteiger partial charge is 0.227 e. The van der Waals surface area contributed by atoms with Gasteiger partial charge in [-0.2, -0.15) is 10.1 Å². The van der Waals surface area contributed by atoms with Crippen LogP contribution in [0.4, 0.5) is 11.8 Å². The monoisotopic (exact) mass is 318 g/mol. The Kier molecular flexibility index (Phi) is 4.73. The maximum absolute atomic E-state index is 9.66. The summed E-state index contributed by atoms with van der Waals surface area (Å²) in [7, 11) is 3.59. The van der Waals surface area contributed by atoms with E-state index in [-0.39, 0.29) is 6.10 Å². The highest BCUT2D eigenvalue weighted by Gasteiger charge is 2.22. The number of ether oxygens (including phenoxy) is 1. The Morgan fingerprint density at radius 1 is 1.52 bits per heavy atom.